The predicted molar refractivity (Wildman–Crippen MR) is 61.3 cm³/mol. The molecule has 7 nitrogen and oxygen atoms in total. The SMILES string of the molecule is CCN(C(=O)NCCC(N)=O)C(C)(C)C(=O)O. The first-order chi connectivity index (χ1) is 7.73. The van der Waals surface area contributed by atoms with Crippen molar-refractivity contribution in [2.75, 3.05) is 13.1 Å². The maximum absolute atomic E-state index is 11.7. The molecule has 0 aliphatic heterocycles. The maximum Gasteiger partial charge on any atom is 0.329 e. The molecule has 0 radical (unpaired) electrons. The van der Waals surface area contributed by atoms with Gasteiger partial charge in [0.1, 0.15) is 5.54 Å². The summed E-state index contributed by atoms with van der Waals surface area (Å²) in [5, 5.41) is 11.5. The van der Waals surface area contributed by atoms with Crippen LogP contribution in [0.25, 0.3) is 0 Å². The van der Waals surface area contributed by atoms with Crippen LogP contribution in [0.4, 0.5) is 4.79 Å². The van der Waals surface area contributed by atoms with E-state index in [-0.39, 0.29) is 19.5 Å². The van der Waals surface area contributed by atoms with Gasteiger partial charge in [0.15, 0.2) is 0 Å². The highest BCUT2D eigenvalue weighted by Crippen LogP contribution is 2.14. The lowest BCUT2D eigenvalue weighted by atomic mass is 10.0. The van der Waals surface area contributed by atoms with Crippen molar-refractivity contribution in [3.8, 4) is 0 Å². The Labute approximate surface area is 100.0 Å². The standard InChI is InChI=1S/C10H19N3O4/c1-4-13(10(2,3)8(15)16)9(17)12-6-5-7(11)14/h4-6H2,1-3H3,(H2,11,14)(H,12,17)(H,15,16). The lowest BCUT2D eigenvalue weighted by molar-refractivity contribution is -0.147. The van der Waals surface area contributed by atoms with Gasteiger partial charge in [-0.1, -0.05) is 0 Å². The van der Waals surface area contributed by atoms with Gasteiger partial charge in [0.2, 0.25) is 5.91 Å². The number of primary amides is 1. The van der Waals surface area contributed by atoms with Crippen molar-refractivity contribution in [3.63, 3.8) is 0 Å². The van der Waals surface area contributed by atoms with Gasteiger partial charge in [0.25, 0.3) is 0 Å². The van der Waals surface area contributed by atoms with Gasteiger partial charge in [-0.3, -0.25) is 4.79 Å². The van der Waals surface area contributed by atoms with Crippen LogP contribution in [0, 0.1) is 0 Å². The first-order valence-corrected chi connectivity index (χ1v) is 5.30. The molecule has 3 amide bonds. The quantitative estimate of drug-likeness (QED) is 0.599. The van der Waals surface area contributed by atoms with E-state index in [0.717, 1.165) is 0 Å². The highest BCUT2D eigenvalue weighted by Gasteiger charge is 2.36. The predicted octanol–water partition coefficient (Wildman–Crippen LogP) is -0.243. The van der Waals surface area contributed by atoms with E-state index in [9.17, 15) is 14.4 Å². The van der Waals surface area contributed by atoms with E-state index >= 15 is 0 Å². The number of carboxylic acid groups (broad SMARTS) is 1. The van der Waals surface area contributed by atoms with E-state index < -0.39 is 23.4 Å². The molecule has 0 unspecified atom stereocenters. The summed E-state index contributed by atoms with van der Waals surface area (Å²) in [6.45, 7) is 4.90. The van der Waals surface area contributed by atoms with Crippen LogP contribution in [0.1, 0.15) is 27.2 Å². The molecule has 4 N–H and O–H groups in total. The van der Waals surface area contributed by atoms with Crippen LogP contribution in [-0.4, -0.2) is 46.5 Å². The molecule has 7 heteroatoms. The molecular weight excluding hydrogens is 226 g/mol. The van der Waals surface area contributed by atoms with Crippen LogP contribution in [0.3, 0.4) is 0 Å². The number of amides is 3. The van der Waals surface area contributed by atoms with Crippen molar-refractivity contribution in [3.05, 3.63) is 0 Å². The van der Waals surface area contributed by atoms with Crippen molar-refractivity contribution in [1.29, 1.82) is 0 Å². The van der Waals surface area contributed by atoms with Gasteiger partial charge in [-0.2, -0.15) is 0 Å². The molecule has 17 heavy (non-hydrogen) atoms. The molecular formula is C10H19N3O4. The van der Waals surface area contributed by atoms with Crippen LogP contribution in [-0.2, 0) is 9.59 Å². The number of hydrogen-bond acceptors (Lipinski definition) is 3. The van der Waals surface area contributed by atoms with E-state index in [1.54, 1.807) is 6.92 Å². The van der Waals surface area contributed by atoms with Crippen molar-refractivity contribution >= 4 is 17.9 Å². The molecule has 0 aromatic carbocycles. The summed E-state index contributed by atoms with van der Waals surface area (Å²) < 4.78 is 0. The van der Waals surface area contributed by atoms with Gasteiger partial charge in [-0.15, -0.1) is 0 Å². The number of urea groups is 1. The molecule has 0 aromatic heterocycles. The highest BCUT2D eigenvalue weighted by atomic mass is 16.4. The van der Waals surface area contributed by atoms with Crippen LogP contribution in [0.2, 0.25) is 0 Å². The lowest BCUT2D eigenvalue weighted by Crippen LogP contribution is -2.56. The van der Waals surface area contributed by atoms with E-state index in [0.29, 0.717) is 0 Å². The summed E-state index contributed by atoms with van der Waals surface area (Å²) in [4.78, 5) is 34.4. The van der Waals surface area contributed by atoms with Crippen LogP contribution >= 0.6 is 0 Å². The topological polar surface area (TPSA) is 113 Å². The van der Waals surface area contributed by atoms with Crippen LogP contribution < -0.4 is 11.1 Å². The molecule has 98 valence electrons. The average Bonchev–Trinajstić information content (AvgIpc) is 2.17. The fraction of sp³-hybridized carbons (Fsp3) is 0.700. The summed E-state index contributed by atoms with van der Waals surface area (Å²) in [6, 6.07) is -0.527. The minimum Gasteiger partial charge on any atom is -0.480 e. The van der Waals surface area contributed by atoms with Crippen molar-refractivity contribution in [1.82, 2.24) is 10.2 Å². The fourth-order valence-corrected chi connectivity index (χ4v) is 1.30. The number of carbonyl (C=O) groups excluding carboxylic acids is 2. The van der Waals surface area contributed by atoms with Crippen molar-refractivity contribution in [2.24, 2.45) is 5.73 Å². The molecule has 0 atom stereocenters. The number of carbonyl (C=O) groups is 3. The third-order valence-electron chi connectivity index (χ3n) is 2.41. The Hall–Kier alpha value is -1.79. The molecule has 0 saturated carbocycles. The second-order valence-corrected chi connectivity index (χ2v) is 4.06. The first-order valence-electron chi connectivity index (χ1n) is 5.30. The Morgan fingerprint density at radius 1 is 1.35 bits per heavy atom. The maximum atomic E-state index is 11.7. The van der Waals surface area contributed by atoms with Crippen LogP contribution in [0.15, 0.2) is 0 Å². The molecule has 0 aromatic rings. The molecule has 0 fully saturated rings. The molecule has 0 aliphatic rings. The number of nitrogens with two attached hydrogens (primary N) is 1. The largest absolute Gasteiger partial charge is 0.480 e. The highest BCUT2D eigenvalue weighted by molar-refractivity contribution is 5.85. The normalized spacial score (nSPS) is 10.8. The third kappa shape index (κ3) is 4.29. The number of hydrogen-bond donors (Lipinski definition) is 3. The van der Waals surface area contributed by atoms with Gasteiger partial charge in [0.05, 0.1) is 0 Å². The first kappa shape index (κ1) is 15.2. The average molecular weight is 245 g/mol. The van der Waals surface area contributed by atoms with Gasteiger partial charge >= 0.3 is 12.0 Å². The number of nitrogens with zero attached hydrogens (tertiary/aromatic N) is 1. The third-order valence-corrected chi connectivity index (χ3v) is 2.41. The zero-order valence-electron chi connectivity index (χ0n) is 10.3. The van der Waals surface area contributed by atoms with E-state index in [4.69, 9.17) is 10.8 Å². The van der Waals surface area contributed by atoms with E-state index in [1.807, 2.05) is 0 Å². The Balaban J connectivity index is 4.51. The summed E-state index contributed by atoms with van der Waals surface area (Å²) in [7, 11) is 0. The zero-order chi connectivity index (χ0) is 13.6. The molecule has 0 rings (SSSR count). The van der Waals surface area contributed by atoms with Gasteiger partial charge in [0, 0.05) is 19.5 Å². The minimum atomic E-state index is -1.30. The van der Waals surface area contributed by atoms with Crippen molar-refractivity contribution < 1.29 is 19.5 Å². The zero-order valence-corrected chi connectivity index (χ0v) is 10.3. The van der Waals surface area contributed by atoms with Crippen LogP contribution in [0.5, 0.6) is 0 Å². The fourth-order valence-electron chi connectivity index (χ4n) is 1.30. The summed E-state index contributed by atoms with van der Waals surface area (Å²) in [6.07, 6.45) is 0.0246. The van der Waals surface area contributed by atoms with Crippen molar-refractivity contribution in [2.45, 2.75) is 32.7 Å². The Kier molecular flexibility index (Phi) is 5.43. The number of aliphatic carboxylic acids is 1. The number of rotatable bonds is 6. The summed E-state index contributed by atoms with van der Waals surface area (Å²) in [5.41, 5.74) is 3.62. The molecule has 0 saturated heterocycles. The molecule has 0 spiro atoms. The summed E-state index contributed by atoms with van der Waals surface area (Å²) in [5.74, 6) is -1.62. The van der Waals surface area contributed by atoms with Gasteiger partial charge in [-0.25, -0.2) is 9.59 Å². The van der Waals surface area contributed by atoms with Gasteiger partial charge < -0.3 is 21.1 Å². The monoisotopic (exact) mass is 245 g/mol. The lowest BCUT2D eigenvalue weighted by Gasteiger charge is -2.34. The van der Waals surface area contributed by atoms with E-state index in [1.165, 1.54) is 18.7 Å². The smallest absolute Gasteiger partial charge is 0.329 e. The Morgan fingerprint density at radius 3 is 2.24 bits per heavy atom. The molecule has 0 bridgehead atoms. The Bertz CT molecular complexity index is 315. The van der Waals surface area contributed by atoms with E-state index in [2.05, 4.69) is 5.32 Å². The number of likely N-dealkylation sites (N-methyl/N-ethyl adjacent to an activating group) is 1. The number of nitrogens with one attached hydrogen (secondary N) is 1. The molecule has 0 heterocycles. The second kappa shape index (κ2) is 6.07. The number of carboxylic acids is 1. The minimum absolute atomic E-state index is 0.0246. The van der Waals surface area contributed by atoms with Gasteiger partial charge in [-0.05, 0) is 20.8 Å². The second-order valence-electron chi connectivity index (χ2n) is 4.06. The summed E-state index contributed by atoms with van der Waals surface area (Å²) >= 11 is 0. The molecule has 0 aliphatic carbocycles. The Morgan fingerprint density at radius 2 is 1.88 bits per heavy atom.